The van der Waals surface area contributed by atoms with Crippen LogP contribution in [0.4, 0.5) is 0 Å². The van der Waals surface area contributed by atoms with Gasteiger partial charge in [-0.3, -0.25) is 0 Å². The molecule has 1 aromatic rings. The third-order valence-corrected chi connectivity index (χ3v) is 4.03. The lowest BCUT2D eigenvalue weighted by atomic mass is 9.78. The molecule has 1 aromatic carbocycles. The molecule has 88 valence electrons. The lowest BCUT2D eigenvalue weighted by Gasteiger charge is -2.33. The van der Waals surface area contributed by atoms with Crippen LogP contribution in [-0.2, 0) is 10.4 Å². The molecule has 3 heteroatoms. The molecular formula is C14H16O2Si. The van der Waals surface area contributed by atoms with Crippen molar-refractivity contribution in [2.45, 2.75) is 12.0 Å². The SMILES string of the molecule is O=C([SiH3])C(O)(c1ccccc1)C1C=CC=CC1. The molecule has 0 radical (unpaired) electrons. The van der Waals surface area contributed by atoms with Crippen molar-refractivity contribution < 1.29 is 9.90 Å². The van der Waals surface area contributed by atoms with Gasteiger partial charge in [-0.2, -0.15) is 0 Å². The second-order valence-electron chi connectivity index (χ2n) is 4.34. The third-order valence-electron chi connectivity index (χ3n) is 3.27. The molecule has 0 aliphatic heterocycles. The molecule has 17 heavy (non-hydrogen) atoms. The lowest BCUT2D eigenvalue weighted by Crippen LogP contribution is -2.42. The van der Waals surface area contributed by atoms with E-state index in [-0.39, 0.29) is 11.3 Å². The predicted molar refractivity (Wildman–Crippen MR) is 71.7 cm³/mol. The van der Waals surface area contributed by atoms with Crippen LogP contribution in [0, 0.1) is 5.92 Å². The van der Waals surface area contributed by atoms with E-state index in [2.05, 4.69) is 0 Å². The number of allylic oxidation sites excluding steroid dienone is 3. The Kier molecular flexibility index (Phi) is 3.40. The number of rotatable bonds is 3. The summed E-state index contributed by atoms with van der Waals surface area (Å²) >= 11 is 0. The van der Waals surface area contributed by atoms with Gasteiger partial charge in [-0.1, -0.05) is 54.6 Å². The van der Waals surface area contributed by atoms with Crippen LogP contribution in [-0.4, -0.2) is 20.8 Å². The fourth-order valence-electron chi connectivity index (χ4n) is 2.26. The number of hydrogen-bond donors (Lipinski definition) is 1. The highest BCUT2D eigenvalue weighted by Gasteiger charge is 2.40. The molecule has 2 unspecified atom stereocenters. The van der Waals surface area contributed by atoms with Gasteiger partial charge in [0, 0.05) is 5.92 Å². The Morgan fingerprint density at radius 2 is 2.00 bits per heavy atom. The van der Waals surface area contributed by atoms with E-state index in [0.29, 0.717) is 22.2 Å². The summed E-state index contributed by atoms with van der Waals surface area (Å²) in [6.07, 6.45) is 8.45. The number of carbonyl (C=O) groups is 1. The first-order chi connectivity index (χ1) is 8.15. The van der Waals surface area contributed by atoms with Crippen LogP contribution in [0.3, 0.4) is 0 Å². The molecule has 0 spiro atoms. The highest BCUT2D eigenvalue weighted by Crippen LogP contribution is 2.34. The second kappa shape index (κ2) is 4.81. The maximum atomic E-state index is 11.9. The van der Waals surface area contributed by atoms with Crippen molar-refractivity contribution in [1.82, 2.24) is 0 Å². The monoisotopic (exact) mass is 244 g/mol. The molecule has 0 fully saturated rings. The minimum atomic E-state index is -1.35. The molecule has 0 aromatic heterocycles. The average Bonchev–Trinajstić information content (AvgIpc) is 2.39. The Morgan fingerprint density at radius 1 is 1.29 bits per heavy atom. The maximum Gasteiger partial charge on any atom is 0.148 e. The average molecular weight is 244 g/mol. The summed E-state index contributed by atoms with van der Waals surface area (Å²) in [4.78, 5) is 11.9. The van der Waals surface area contributed by atoms with Gasteiger partial charge in [-0.25, -0.2) is 0 Å². The Morgan fingerprint density at radius 3 is 2.53 bits per heavy atom. The van der Waals surface area contributed by atoms with Gasteiger partial charge >= 0.3 is 0 Å². The van der Waals surface area contributed by atoms with Gasteiger partial charge in [0.25, 0.3) is 0 Å². The molecule has 0 saturated carbocycles. The summed E-state index contributed by atoms with van der Waals surface area (Å²) < 4.78 is 0. The first kappa shape index (κ1) is 12.0. The van der Waals surface area contributed by atoms with E-state index in [0.717, 1.165) is 0 Å². The summed E-state index contributed by atoms with van der Waals surface area (Å²) in [6, 6.07) is 9.24. The van der Waals surface area contributed by atoms with Crippen molar-refractivity contribution in [3.05, 3.63) is 60.2 Å². The Bertz CT molecular complexity index is 464. The summed E-state index contributed by atoms with van der Waals surface area (Å²) in [7, 11) is 0.348. The van der Waals surface area contributed by atoms with E-state index < -0.39 is 5.60 Å². The summed E-state index contributed by atoms with van der Waals surface area (Å²) in [5.74, 6) is -0.153. The van der Waals surface area contributed by atoms with Crippen LogP contribution in [0.25, 0.3) is 0 Å². The van der Waals surface area contributed by atoms with Crippen molar-refractivity contribution in [3.63, 3.8) is 0 Å². The quantitative estimate of drug-likeness (QED) is 0.802. The molecular weight excluding hydrogens is 228 g/mol. The first-order valence-electron chi connectivity index (χ1n) is 5.78. The van der Waals surface area contributed by atoms with E-state index >= 15 is 0 Å². The highest BCUT2D eigenvalue weighted by molar-refractivity contribution is 6.59. The lowest BCUT2D eigenvalue weighted by molar-refractivity contribution is -0.133. The molecule has 0 saturated heterocycles. The van der Waals surface area contributed by atoms with Crippen LogP contribution in [0.1, 0.15) is 12.0 Å². The molecule has 0 amide bonds. The smallest absolute Gasteiger partial charge is 0.148 e. The van der Waals surface area contributed by atoms with Gasteiger partial charge in [-0.05, 0) is 12.0 Å². The second-order valence-corrected chi connectivity index (χ2v) is 5.25. The van der Waals surface area contributed by atoms with Crippen LogP contribution < -0.4 is 0 Å². The molecule has 2 nitrogen and oxygen atoms in total. The molecule has 1 aliphatic rings. The van der Waals surface area contributed by atoms with Crippen LogP contribution in [0.15, 0.2) is 54.6 Å². The van der Waals surface area contributed by atoms with E-state index in [1.54, 1.807) is 0 Å². The number of carbonyl (C=O) groups excluding carboxylic acids is 1. The predicted octanol–water partition coefficient (Wildman–Crippen LogP) is 0.898. The normalized spacial score (nSPS) is 22.3. The third kappa shape index (κ3) is 2.16. The van der Waals surface area contributed by atoms with Crippen molar-refractivity contribution in [2.24, 2.45) is 5.92 Å². The largest absolute Gasteiger partial charge is 0.377 e. The minimum Gasteiger partial charge on any atom is -0.377 e. The van der Waals surface area contributed by atoms with Crippen molar-refractivity contribution in [3.8, 4) is 0 Å². The molecule has 1 N–H and O–H groups in total. The van der Waals surface area contributed by atoms with Crippen LogP contribution >= 0.6 is 0 Å². The zero-order valence-electron chi connectivity index (χ0n) is 9.84. The standard InChI is InChI=1S/C14H16O2Si/c15-13(17)14(16,11-7-3-1-4-8-11)12-9-5-2-6-10-12/h1-9,12,16H,10H2,17H3. The van der Waals surface area contributed by atoms with Gasteiger partial charge in [0.1, 0.15) is 11.0 Å². The summed E-state index contributed by atoms with van der Waals surface area (Å²) in [5.41, 5.74) is -0.653. The van der Waals surface area contributed by atoms with Crippen molar-refractivity contribution in [2.75, 3.05) is 0 Å². The number of hydrogen-bond acceptors (Lipinski definition) is 2. The van der Waals surface area contributed by atoms with Crippen LogP contribution in [0.2, 0.25) is 0 Å². The van der Waals surface area contributed by atoms with E-state index in [1.807, 2.05) is 54.6 Å². The molecule has 2 atom stereocenters. The molecule has 1 aliphatic carbocycles. The van der Waals surface area contributed by atoms with E-state index in [1.165, 1.54) is 0 Å². The number of aliphatic hydroxyl groups is 1. The Balaban J connectivity index is 2.43. The van der Waals surface area contributed by atoms with Crippen molar-refractivity contribution >= 4 is 15.6 Å². The van der Waals surface area contributed by atoms with Gasteiger partial charge in [-0.15, -0.1) is 0 Å². The van der Waals surface area contributed by atoms with Gasteiger partial charge in [0.2, 0.25) is 0 Å². The number of benzene rings is 1. The van der Waals surface area contributed by atoms with E-state index in [9.17, 15) is 9.90 Å². The first-order valence-corrected chi connectivity index (χ1v) is 6.78. The topological polar surface area (TPSA) is 37.3 Å². The zero-order valence-corrected chi connectivity index (χ0v) is 11.8. The fraction of sp³-hybridized carbons (Fsp3) is 0.214. The van der Waals surface area contributed by atoms with Gasteiger partial charge in [0.05, 0.1) is 10.2 Å². The molecule has 0 heterocycles. The Labute approximate surface area is 104 Å². The molecule has 0 bridgehead atoms. The summed E-state index contributed by atoms with van der Waals surface area (Å²) in [6.45, 7) is 0. The molecule has 2 rings (SSSR count). The van der Waals surface area contributed by atoms with Crippen LogP contribution in [0.5, 0.6) is 0 Å². The fourth-order valence-corrected chi connectivity index (χ4v) is 2.92. The Hall–Kier alpha value is -1.45. The zero-order chi connectivity index (χ0) is 12.3. The van der Waals surface area contributed by atoms with Gasteiger partial charge < -0.3 is 9.90 Å². The minimum absolute atomic E-state index is 0.0753. The van der Waals surface area contributed by atoms with Crippen molar-refractivity contribution in [1.29, 1.82) is 0 Å². The highest BCUT2D eigenvalue weighted by atomic mass is 28.1. The maximum absolute atomic E-state index is 11.9. The van der Waals surface area contributed by atoms with E-state index in [4.69, 9.17) is 0 Å². The summed E-state index contributed by atoms with van der Waals surface area (Å²) in [5, 5.41) is 10.7. The van der Waals surface area contributed by atoms with Gasteiger partial charge in [0.15, 0.2) is 0 Å².